The third kappa shape index (κ3) is 4.16. The first-order valence-electron chi connectivity index (χ1n) is 6.10. The van der Waals surface area contributed by atoms with E-state index in [0.29, 0.717) is 18.2 Å². The van der Waals surface area contributed by atoms with Crippen LogP contribution in [0.1, 0.15) is 42.1 Å². The molecule has 1 rings (SSSR count). The molecule has 1 unspecified atom stereocenters. The van der Waals surface area contributed by atoms with Crippen molar-refractivity contribution in [3.05, 3.63) is 23.2 Å². The number of furan rings is 1. The number of aromatic carboxylic acids is 1. The average Bonchev–Trinajstić information content (AvgIpc) is 2.66. The Balaban J connectivity index is 2.59. The van der Waals surface area contributed by atoms with Crippen LogP contribution >= 0.6 is 0 Å². The van der Waals surface area contributed by atoms with Gasteiger partial charge in [0.25, 0.3) is 0 Å². The average molecular weight is 255 g/mol. The van der Waals surface area contributed by atoms with E-state index in [1.54, 1.807) is 6.92 Å². The molecule has 0 aliphatic carbocycles. The van der Waals surface area contributed by atoms with Gasteiger partial charge in [0.05, 0.1) is 6.61 Å². The van der Waals surface area contributed by atoms with E-state index < -0.39 is 5.97 Å². The van der Waals surface area contributed by atoms with Crippen LogP contribution < -0.4 is 5.32 Å². The molecule has 0 amide bonds. The van der Waals surface area contributed by atoms with Gasteiger partial charge < -0.3 is 19.9 Å². The standard InChI is InChI=1S/C13H21NO4/c1-8(2)4-11(7-15)14-6-10-5-12(13(16)17)18-9(10)3/h5,8,11,14-15H,4,6-7H2,1-3H3,(H,16,17). The Bertz CT molecular complexity index is 398. The topological polar surface area (TPSA) is 82.7 Å². The fourth-order valence-electron chi connectivity index (χ4n) is 1.85. The summed E-state index contributed by atoms with van der Waals surface area (Å²) in [7, 11) is 0. The van der Waals surface area contributed by atoms with Crippen molar-refractivity contribution < 1.29 is 19.4 Å². The molecule has 1 heterocycles. The minimum absolute atomic E-state index is 0.0209. The number of carboxylic acids is 1. The molecule has 1 atom stereocenters. The van der Waals surface area contributed by atoms with Crippen LogP contribution in [-0.2, 0) is 6.54 Å². The van der Waals surface area contributed by atoms with E-state index in [-0.39, 0.29) is 18.4 Å². The Morgan fingerprint density at radius 1 is 1.50 bits per heavy atom. The number of hydrogen-bond donors (Lipinski definition) is 3. The lowest BCUT2D eigenvalue weighted by atomic mass is 10.0. The third-order valence-corrected chi connectivity index (χ3v) is 2.79. The fourth-order valence-corrected chi connectivity index (χ4v) is 1.85. The predicted octanol–water partition coefficient (Wildman–Crippen LogP) is 1.78. The lowest BCUT2D eigenvalue weighted by Gasteiger charge is -2.17. The highest BCUT2D eigenvalue weighted by Crippen LogP contribution is 2.15. The van der Waals surface area contributed by atoms with Gasteiger partial charge in [0.2, 0.25) is 5.76 Å². The van der Waals surface area contributed by atoms with Gasteiger partial charge in [-0.05, 0) is 25.3 Å². The van der Waals surface area contributed by atoms with Gasteiger partial charge in [-0.15, -0.1) is 0 Å². The normalized spacial score (nSPS) is 12.9. The minimum Gasteiger partial charge on any atom is -0.475 e. The first-order valence-corrected chi connectivity index (χ1v) is 6.10. The summed E-state index contributed by atoms with van der Waals surface area (Å²) < 4.78 is 5.12. The molecular formula is C13H21NO4. The first kappa shape index (κ1) is 14.7. The molecule has 1 aromatic heterocycles. The Hall–Kier alpha value is -1.33. The van der Waals surface area contributed by atoms with Gasteiger partial charge in [-0.1, -0.05) is 13.8 Å². The smallest absolute Gasteiger partial charge is 0.371 e. The second-order valence-electron chi connectivity index (χ2n) is 4.89. The van der Waals surface area contributed by atoms with Crippen LogP contribution in [0.5, 0.6) is 0 Å². The van der Waals surface area contributed by atoms with Gasteiger partial charge in [0, 0.05) is 18.2 Å². The van der Waals surface area contributed by atoms with Crippen molar-refractivity contribution >= 4 is 5.97 Å². The molecule has 0 spiro atoms. The summed E-state index contributed by atoms with van der Waals surface area (Å²) in [6.45, 7) is 6.49. The van der Waals surface area contributed by atoms with Crippen LogP contribution in [-0.4, -0.2) is 28.8 Å². The van der Waals surface area contributed by atoms with Crippen molar-refractivity contribution in [2.45, 2.75) is 39.8 Å². The number of carbonyl (C=O) groups is 1. The number of hydrogen-bond acceptors (Lipinski definition) is 4. The molecule has 0 aromatic carbocycles. The Kier molecular flexibility index (Phi) is 5.37. The summed E-state index contributed by atoms with van der Waals surface area (Å²) in [4.78, 5) is 10.8. The van der Waals surface area contributed by atoms with Crippen molar-refractivity contribution in [2.75, 3.05) is 6.61 Å². The number of nitrogens with one attached hydrogen (secondary N) is 1. The predicted molar refractivity (Wildman–Crippen MR) is 67.6 cm³/mol. The monoisotopic (exact) mass is 255 g/mol. The molecule has 0 saturated carbocycles. The second kappa shape index (κ2) is 6.56. The summed E-state index contributed by atoms with van der Waals surface area (Å²) in [6, 6.07) is 1.54. The van der Waals surface area contributed by atoms with E-state index in [9.17, 15) is 9.90 Å². The maximum Gasteiger partial charge on any atom is 0.371 e. The number of carboxylic acid groups (broad SMARTS) is 1. The highest BCUT2D eigenvalue weighted by Gasteiger charge is 2.15. The molecule has 5 nitrogen and oxygen atoms in total. The van der Waals surface area contributed by atoms with Crippen LogP contribution in [0.2, 0.25) is 0 Å². The Morgan fingerprint density at radius 3 is 2.61 bits per heavy atom. The van der Waals surface area contributed by atoms with Crippen LogP contribution in [0.25, 0.3) is 0 Å². The summed E-state index contributed by atoms with van der Waals surface area (Å²) in [5, 5.41) is 21.3. The van der Waals surface area contributed by atoms with Crippen molar-refractivity contribution in [2.24, 2.45) is 5.92 Å². The molecule has 5 heteroatoms. The van der Waals surface area contributed by atoms with Gasteiger partial charge in [-0.25, -0.2) is 4.79 Å². The molecule has 1 aromatic rings. The zero-order valence-electron chi connectivity index (χ0n) is 11.1. The molecule has 0 radical (unpaired) electrons. The van der Waals surface area contributed by atoms with E-state index in [1.807, 2.05) is 0 Å². The summed E-state index contributed by atoms with van der Waals surface area (Å²) in [5.74, 6) is -0.0187. The Labute approximate surface area is 107 Å². The fraction of sp³-hybridized carbons (Fsp3) is 0.615. The highest BCUT2D eigenvalue weighted by atomic mass is 16.4. The van der Waals surface area contributed by atoms with Crippen LogP contribution in [0, 0.1) is 12.8 Å². The number of rotatable bonds is 7. The van der Waals surface area contributed by atoms with E-state index >= 15 is 0 Å². The zero-order chi connectivity index (χ0) is 13.7. The molecule has 3 N–H and O–H groups in total. The molecule has 0 saturated heterocycles. The number of aliphatic hydroxyl groups excluding tert-OH is 1. The van der Waals surface area contributed by atoms with Crippen molar-refractivity contribution in [3.63, 3.8) is 0 Å². The molecule has 0 fully saturated rings. The zero-order valence-corrected chi connectivity index (χ0v) is 11.1. The van der Waals surface area contributed by atoms with Crippen LogP contribution in [0.3, 0.4) is 0 Å². The molecule has 0 aliphatic rings. The van der Waals surface area contributed by atoms with Crippen molar-refractivity contribution in [3.8, 4) is 0 Å². The second-order valence-corrected chi connectivity index (χ2v) is 4.89. The molecular weight excluding hydrogens is 234 g/mol. The lowest BCUT2D eigenvalue weighted by molar-refractivity contribution is 0.0661. The lowest BCUT2D eigenvalue weighted by Crippen LogP contribution is -2.33. The van der Waals surface area contributed by atoms with E-state index in [4.69, 9.17) is 9.52 Å². The third-order valence-electron chi connectivity index (χ3n) is 2.79. The molecule has 0 aliphatic heterocycles. The van der Waals surface area contributed by atoms with E-state index in [0.717, 1.165) is 12.0 Å². The number of aliphatic hydroxyl groups is 1. The van der Waals surface area contributed by atoms with Gasteiger partial charge in [-0.2, -0.15) is 0 Å². The highest BCUT2D eigenvalue weighted by molar-refractivity contribution is 5.84. The van der Waals surface area contributed by atoms with Gasteiger partial charge in [0.1, 0.15) is 5.76 Å². The molecule has 0 bridgehead atoms. The quantitative estimate of drug-likeness (QED) is 0.692. The maximum absolute atomic E-state index is 10.8. The van der Waals surface area contributed by atoms with Crippen LogP contribution in [0.4, 0.5) is 0 Å². The van der Waals surface area contributed by atoms with Gasteiger partial charge in [-0.3, -0.25) is 0 Å². The van der Waals surface area contributed by atoms with E-state index in [2.05, 4.69) is 19.2 Å². The minimum atomic E-state index is -1.06. The summed E-state index contributed by atoms with van der Waals surface area (Å²) in [6.07, 6.45) is 0.874. The molecule has 18 heavy (non-hydrogen) atoms. The first-order chi connectivity index (χ1) is 8.43. The SMILES string of the molecule is Cc1oc(C(=O)O)cc1CNC(CO)CC(C)C. The van der Waals surface area contributed by atoms with Gasteiger partial charge in [0.15, 0.2) is 0 Å². The largest absolute Gasteiger partial charge is 0.475 e. The van der Waals surface area contributed by atoms with Crippen molar-refractivity contribution in [1.29, 1.82) is 0 Å². The Morgan fingerprint density at radius 2 is 2.17 bits per heavy atom. The summed E-state index contributed by atoms with van der Waals surface area (Å²) >= 11 is 0. The van der Waals surface area contributed by atoms with Crippen LogP contribution in [0.15, 0.2) is 10.5 Å². The molecule has 102 valence electrons. The van der Waals surface area contributed by atoms with Crippen molar-refractivity contribution in [1.82, 2.24) is 5.32 Å². The summed E-state index contributed by atoms with van der Waals surface area (Å²) in [5.41, 5.74) is 0.814. The van der Waals surface area contributed by atoms with Gasteiger partial charge >= 0.3 is 5.97 Å². The maximum atomic E-state index is 10.8. The van der Waals surface area contributed by atoms with E-state index in [1.165, 1.54) is 6.07 Å². The number of aryl methyl sites for hydroxylation is 1.